The second-order valence-corrected chi connectivity index (χ2v) is 5.55. The summed E-state index contributed by atoms with van der Waals surface area (Å²) in [5, 5.41) is 10.7. The molecule has 1 fully saturated rings. The molecule has 3 rings (SSSR count). The van der Waals surface area contributed by atoms with Gasteiger partial charge in [0.25, 0.3) is 11.8 Å². The number of hydrogen-bond donors (Lipinski definition) is 1. The third kappa shape index (κ3) is 2.28. The summed E-state index contributed by atoms with van der Waals surface area (Å²) in [6, 6.07) is 0.0119. The van der Waals surface area contributed by atoms with Crippen LogP contribution in [0.2, 0.25) is 0 Å². The molecule has 0 aliphatic carbocycles. The molecule has 1 N–H and O–H groups in total. The van der Waals surface area contributed by atoms with Crippen molar-refractivity contribution in [2.24, 2.45) is 0 Å². The molecule has 0 unspecified atom stereocenters. The Morgan fingerprint density at radius 3 is 2.65 bits per heavy atom. The Bertz CT molecular complexity index is 531. The van der Waals surface area contributed by atoms with Crippen molar-refractivity contribution in [3.63, 3.8) is 0 Å². The summed E-state index contributed by atoms with van der Waals surface area (Å²) in [6.45, 7) is 3.94. The molecular formula is C13H19N5O2. The molecular weight excluding hydrogens is 258 g/mol. The second-order valence-electron chi connectivity index (χ2n) is 5.55. The lowest BCUT2D eigenvalue weighted by Gasteiger charge is -2.22. The number of carbonyl (C=O) groups excluding carboxylic acids is 2. The normalized spacial score (nSPS) is 22.9. The van der Waals surface area contributed by atoms with E-state index in [0.717, 1.165) is 38.8 Å². The maximum atomic E-state index is 12.5. The Morgan fingerprint density at radius 2 is 1.95 bits per heavy atom. The van der Waals surface area contributed by atoms with Crippen LogP contribution in [0.15, 0.2) is 0 Å². The summed E-state index contributed by atoms with van der Waals surface area (Å²) in [4.78, 5) is 26.4. The van der Waals surface area contributed by atoms with Crippen LogP contribution in [0.4, 0.5) is 0 Å². The highest BCUT2D eigenvalue weighted by Crippen LogP contribution is 2.16. The van der Waals surface area contributed by atoms with Gasteiger partial charge in [-0.15, -0.1) is 5.10 Å². The number of nitrogens with zero attached hydrogens (tertiary/aromatic N) is 4. The number of fused-ring (bicyclic) bond motifs is 1. The van der Waals surface area contributed by atoms with Crippen LogP contribution in [0.1, 0.15) is 53.6 Å². The van der Waals surface area contributed by atoms with Crippen LogP contribution in [0, 0.1) is 0 Å². The number of likely N-dealkylation sites (tertiary alicyclic amines) is 1. The van der Waals surface area contributed by atoms with Gasteiger partial charge in [-0.05, 0) is 19.8 Å². The summed E-state index contributed by atoms with van der Waals surface area (Å²) in [6.07, 6.45) is 4.33. The first-order valence-electron chi connectivity index (χ1n) is 7.20. The quantitative estimate of drug-likeness (QED) is 0.807. The van der Waals surface area contributed by atoms with Crippen molar-refractivity contribution in [3.05, 3.63) is 11.4 Å². The largest absolute Gasteiger partial charge is 0.346 e. The number of carbonyl (C=O) groups is 2. The van der Waals surface area contributed by atoms with Crippen LogP contribution >= 0.6 is 0 Å². The van der Waals surface area contributed by atoms with Crippen molar-refractivity contribution in [2.75, 3.05) is 13.1 Å². The Kier molecular flexibility index (Phi) is 3.42. The molecule has 7 heteroatoms. The van der Waals surface area contributed by atoms with Crippen molar-refractivity contribution in [1.29, 1.82) is 0 Å². The summed E-state index contributed by atoms with van der Waals surface area (Å²) < 4.78 is 1.54. The summed E-state index contributed by atoms with van der Waals surface area (Å²) >= 11 is 0. The number of aromatic nitrogens is 3. The Labute approximate surface area is 117 Å². The van der Waals surface area contributed by atoms with Crippen molar-refractivity contribution < 1.29 is 9.59 Å². The van der Waals surface area contributed by atoms with E-state index in [1.54, 1.807) is 4.90 Å². The highest BCUT2D eigenvalue weighted by atomic mass is 16.2. The van der Waals surface area contributed by atoms with E-state index in [0.29, 0.717) is 12.2 Å². The number of rotatable bonds is 1. The topological polar surface area (TPSA) is 80.1 Å². The van der Waals surface area contributed by atoms with Crippen LogP contribution in [0.3, 0.4) is 0 Å². The van der Waals surface area contributed by atoms with E-state index in [1.807, 2.05) is 6.92 Å². The summed E-state index contributed by atoms with van der Waals surface area (Å²) in [5.41, 5.74) is 0.494. The number of hydrogen-bond acceptors (Lipinski definition) is 4. The van der Waals surface area contributed by atoms with Gasteiger partial charge in [0.2, 0.25) is 0 Å². The lowest BCUT2D eigenvalue weighted by molar-refractivity contribution is 0.0745. The second kappa shape index (κ2) is 5.22. The molecule has 3 heterocycles. The first-order chi connectivity index (χ1) is 9.66. The first kappa shape index (κ1) is 13.1. The molecule has 0 bridgehead atoms. The molecule has 0 saturated carbocycles. The number of nitrogens with one attached hydrogen (secondary N) is 1. The van der Waals surface area contributed by atoms with E-state index in [9.17, 15) is 9.59 Å². The fourth-order valence-electron chi connectivity index (χ4n) is 2.83. The monoisotopic (exact) mass is 277 g/mol. The van der Waals surface area contributed by atoms with Crippen molar-refractivity contribution in [1.82, 2.24) is 25.2 Å². The molecule has 20 heavy (non-hydrogen) atoms. The van der Waals surface area contributed by atoms with Crippen LogP contribution in [0.25, 0.3) is 0 Å². The maximum absolute atomic E-state index is 12.5. The lowest BCUT2D eigenvalue weighted by atomic mass is 10.2. The third-order valence-corrected chi connectivity index (χ3v) is 3.87. The molecule has 7 nitrogen and oxygen atoms in total. The molecule has 108 valence electrons. The average molecular weight is 277 g/mol. The van der Waals surface area contributed by atoms with Gasteiger partial charge in [0.1, 0.15) is 0 Å². The molecule has 0 spiro atoms. The van der Waals surface area contributed by atoms with Gasteiger partial charge < -0.3 is 10.2 Å². The van der Waals surface area contributed by atoms with Crippen molar-refractivity contribution in [3.8, 4) is 0 Å². The molecule has 1 atom stereocenters. The summed E-state index contributed by atoms with van der Waals surface area (Å²) in [5.74, 6) is -0.426. The Hall–Kier alpha value is -1.92. The van der Waals surface area contributed by atoms with Crippen LogP contribution in [-0.2, 0) is 6.54 Å². The Morgan fingerprint density at radius 1 is 1.25 bits per heavy atom. The standard InChI is InChI=1S/C13H19N5O2/c1-9-8-18-11(12(19)14-9)10(15-16-18)13(20)17-6-4-2-3-5-7-17/h9H,2-8H2,1H3,(H,14,19)/t9-/m0/s1. The Balaban J connectivity index is 1.87. The molecule has 2 aliphatic heterocycles. The smallest absolute Gasteiger partial charge is 0.276 e. The minimum absolute atomic E-state index is 0.0119. The van der Waals surface area contributed by atoms with Crippen molar-refractivity contribution in [2.45, 2.75) is 45.2 Å². The molecule has 2 amide bonds. The van der Waals surface area contributed by atoms with Crippen LogP contribution < -0.4 is 5.32 Å². The fraction of sp³-hybridized carbons (Fsp3) is 0.692. The first-order valence-corrected chi connectivity index (χ1v) is 7.20. The van der Waals surface area contributed by atoms with Crippen LogP contribution in [0.5, 0.6) is 0 Å². The summed E-state index contributed by atoms with van der Waals surface area (Å²) in [7, 11) is 0. The van der Waals surface area contributed by atoms with Gasteiger partial charge in [-0.25, -0.2) is 4.68 Å². The zero-order chi connectivity index (χ0) is 14.1. The predicted molar refractivity (Wildman–Crippen MR) is 71.3 cm³/mol. The van der Waals surface area contributed by atoms with Gasteiger partial charge in [-0.2, -0.15) is 0 Å². The lowest BCUT2D eigenvalue weighted by Crippen LogP contribution is -2.44. The maximum Gasteiger partial charge on any atom is 0.276 e. The molecule has 2 aliphatic rings. The molecule has 0 radical (unpaired) electrons. The van der Waals surface area contributed by atoms with Crippen LogP contribution in [-0.4, -0.2) is 50.8 Å². The molecule has 1 saturated heterocycles. The van der Waals surface area contributed by atoms with Crippen molar-refractivity contribution >= 4 is 11.8 Å². The molecule has 0 aromatic carbocycles. The van der Waals surface area contributed by atoms with E-state index in [1.165, 1.54) is 4.68 Å². The van der Waals surface area contributed by atoms with Gasteiger partial charge in [0.15, 0.2) is 11.4 Å². The minimum Gasteiger partial charge on any atom is -0.346 e. The average Bonchev–Trinajstić information content (AvgIpc) is 2.66. The zero-order valence-corrected chi connectivity index (χ0v) is 11.6. The van der Waals surface area contributed by atoms with Gasteiger partial charge >= 0.3 is 0 Å². The van der Waals surface area contributed by atoms with E-state index in [-0.39, 0.29) is 23.6 Å². The fourth-order valence-corrected chi connectivity index (χ4v) is 2.83. The third-order valence-electron chi connectivity index (χ3n) is 3.87. The molecule has 1 aromatic heterocycles. The predicted octanol–water partition coefficient (Wildman–Crippen LogP) is 0.426. The minimum atomic E-state index is -0.257. The highest BCUT2D eigenvalue weighted by Gasteiger charge is 2.32. The van der Waals surface area contributed by atoms with E-state index < -0.39 is 0 Å². The van der Waals surface area contributed by atoms with E-state index in [2.05, 4.69) is 15.6 Å². The van der Waals surface area contributed by atoms with Gasteiger partial charge in [-0.1, -0.05) is 18.1 Å². The van der Waals surface area contributed by atoms with Gasteiger partial charge in [0.05, 0.1) is 6.54 Å². The van der Waals surface area contributed by atoms with Gasteiger partial charge in [0, 0.05) is 19.1 Å². The number of amides is 2. The molecule has 1 aromatic rings. The SMILES string of the molecule is C[C@H]1Cn2nnc(C(=O)N3CCCCCC3)c2C(=O)N1. The van der Waals surface area contributed by atoms with E-state index >= 15 is 0 Å². The zero-order valence-electron chi connectivity index (χ0n) is 11.6. The highest BCUT2D eigenvalue weighted by molar-refractivity contribution is 6.05. The van der Waals surface area contributed by atoms with E-state index in [4.69, 9.17) is 0 Å². The van der Waals surface area contributed by atoms with Gasteiger partial charge in [-0.3, -0.25) is 9.59 Å².